The molecule has 2 nitrogen and oxygen atoms in total. The zero-order chi connectivity index (χ0) is 14.1. The van der Waals surface area contributed by atoms with Crippen molar-refractivity contribution in [1.29, 1.82) is 0 Å². The molecule has 0 amide bonds. The number of aliphatic imine (C=N–C) groups is 1. The minimum Gasteiger partial charge on any atom is -0.356 e. The van der Waals surface area contributed by atoms with Crippen molar-refractivity contribution in [2.24, 2.45) is 4.99 Å². The molecule has 0 unspecified atom stereocenters. The molecule has 0 saturated carbocycles. The minimum absolute atomic E-state index is 0.758. The Labute approximate surface area is 132 Å². The van der Waals surface area contributed by atoms with Crippen LogP contribution in [-0.4, -0.2) is 9.36 Å². The minimum atomic E-state index is 0.758. The molecular formula is C17H14N2S2. The largest absolute Gasteiger partial charge is 0.356 e. The molecule has 0 fully saturated rings. The summed E-state index contributed by atoms with van der Waals surface area (Å²) in [7, 11) is 0. The summed E-state index contributed by atoms with van der Waals surface area (Å²) in [6.45, 7) is 0.758. The summed E-state index contributed by atoms with van der Waals surface area (Å²) in [4.78, 5) is 9.51. The molecule has 1 aliphatic rings. The third-order valence-corrected chi connectivity index (χ3v) is 5.92. The standard InChI is InChI=1S/C17H14N2S2/c1-2-6-12(7-3-1)11-20-17-18-10-15-16(21-17)13-8-4-5-9-14(13)19-15/h1-9,19H,10-11H2. The summed E-state index contributed by atoms with van der Waals surface area (Å²) in [5, 5.41) is 1.31. The maximum atomic E-state index is 4.69. The molecule has 1 aromatic heterocycles. The summed E-state index contributed by atoms with van der Waals surface area (Å²) < 4.78 is 1.16. The molecule has 3 aromatic rings. The maximum Gasteiger partial charge on any atom is 0.130 e. The predicted octanol–water partition coefficient (Wildman–Crippen LogP) is 5.06. The molecule has 0 aliphatic carbocycles. The van der Waals surface area contributed by atoms with Gasteiger partial charge in [-0.05, 0) is 11.6 Å². The van der Waals surface area contributed by atoms with Gasteiger partial charge < -0.3 is 4.98 Å². The Hall–Kier alpha value is -1.65. The molecule has 4 heteroatoms. The van der Waals surface area contributed by atoms with Gasteiger partial charge in [0, 0.05) is 21.6 Å². The van der Waals surface area contributed by atoms with Gasteiger partial charge in [0.1, 0.15) is 4.38 Å². The zero-order valence-electron chi connectivity index (χ0n) is 11.4. The van der Waals surface area contributed by atoms with Crippen molar-refractivity contribution in [3.8, 4) is 0 Å². The Morgan fingerprint density at radius 3 is 2.76 bits per heavy atom. The SMILES string of the molecule is c1ccc(CSC2=NCc3[nH]c4ccccc4c3S2)cc1. The van der Waals surface area contributed by atoms with Crippen molar-refractivity contribution in [3.05, 3.63) is 65.9 Å². The first-order valence-electron chi connectivity index (χ1n) is 6.89. The number of fused-ring (bicyclic) bond motifs is 3. The third kappa shape index (κ3) is 2.61. The van der Waals surface area contributed by atoms with E-state index in [1.807, 2.05) is 11.8 Å². The molecule has 4 rings (SSSR count). The second kappa shape index (κ2) is 5.62. The van der Waals surface area contributed by atoms with Crippen LogP contribution in [0.1, 0.15) is 11.3 Å². The number of aromatic amines is 1. The van der Waals surface area contributed by atoms with Crippen molar-refractivity contribution < 1.29 is 0 Å². The first-order valence-corrected chi connectivity index (χ1v) is 8.69. The van der Waals surface area contributed by atoms with Gasteiger partial charge in [-0.2, -0.15) is 0 Å². The average Bonchev–Trinajstić information content (AvgIpc) is 2.92. The highest BCUT2D eigenvalue weighted by Crippen LogP contribution is 2.39. The van der Waals surface area contributed by atoms with Crippen LogP contribution in [-0.2, 0) is 12.3 Å². The summed E-state index contributed by atoms with van der Waals surface area (Å²) >= 11 is 3.62. The molecule has 0 saturated heterocycles. The monoisotopic (exact) mass is 310 g/mol. The van der Waals surface area contributed by atoms with Gasteiger partial charge in [-0.25, -0.2) is 0 Å². The quantitative estimate of drug-likeness (QED) is 0.716. The fourth-order valence-corrected chi connectivity index (χ4v) is 4.59. The second-order valence-electron chi connectivity index (χ2n) is 4.94. The fraction of sp³-hybridized carbons (Fsp3) is 0.118. The van der Waals surface area contributed by atoms with E-state index in [9.17, 15) is 0 Å². The van der Waals surface area contributed by atoms with E-state index in [0.29, 0.717) is 0 Å². The number of benzene rings is 2. The number of nitrogens with one attached hydrogen (secondary N) is 1. The van der Waals surface area contributed by atoms with Gasteiger partial charge in [0.15, 0.2) is 0 Å². The van der Waals surface area contributed by atoms with Gasteiger partial charge in [0.05, 0.1) is 12.2 Å². The van der Waals surface area contributed by atoms with E-state index in [1.165, 1.54) is 27.1 Å². The second-order valence-corrected chi connectivity index (χ2v) is 7.16. The molecule has 2 aromatic carbocycles. The Morgan fingerprint density at radius 1 is 1.05 bits per heavy atom. The lowest BCUT2D eigenvalue weighted by molar-refractivity contribution is 0.986. The summed E-state index contributed by atoms with van der Waals surface area (Å²) in [5.41, 5.74) is 3.79. The van der Waals surface area contributed by atoms with Gasteiger partial charge in [-0.15, -0.1) is 0 Å². The number of para-hydroxylation sites is 1. The topological polar surface area (TPSA) is 28.1 Å². The van der Waals surface area contributed by atoms with Crippen LogP contribution >= 0.6 is 23.5 Å². The van der Waals surface area contributed by atoms with E-state index in [2.05, 4.69) is 59.6 Å². The number of rotatable bonds is 2. The number of aromatic nitrogens is 1. The fourth-order valence-electron chi connectivity index (χ4n) is 2.46. The number of H-pyrrole nitrogens is 1. The van der Waals surface area contributed by atoms with Crippen LogP contribution < -0.4 is 0 Å². The first kappa shape index (κ1) is 13.0. The highest BCUT2D eigenvalue weighted by molar-refractivity contribution is 8.38. The van der Waals surface area contributed by atoms with Crippen LogP contribution in [0.2, 0.25) is 0 Å². The van der Waals surface area contributed by atoms with E-state index in [0.717, 1.165) is 16.7 Å². The van der Waals surface area contributed by atoms with E-state index in [1.54, 1.807) is 11.8 Å². The molecule has 1 aliphatic heterocycles. The van der Waals surface area contributed by atoms with Crippen LogP contribution in [0.15, 0.2) is 64.5 Å². The van der Waals surface area contributed by atoms with Crippen LogP contribution in [0.5, 0.6) is 0 Å². The lowest BCUT2D eigenvalue weighted by Crippen LogP contribution is -1.98. The van der Waals surface area contributed by atoms with Gasteiger partial charge in [0.25, 0.3) is 0 Å². The summed E-state index contributed by atoms with van der Waals surface area (Å²) in [6.07, 6.45) is 0. The van der Waals surface area contributed by atoms with E-state index < -0.39 is 0 Å². The highest BCUT2D eigenvalue weighted by atomic mass is 32.2. The Bertz CT molecular complexity index is 806. The van der Waals surface area contributed by atoms with Crippen LogP contribution in [0.4, 0.5) is 0 Å². The lowest BCUT2D eigenvalue weighted by Gasteiger charge is -2.12. The normalized spacial score (nSPS) is 14.0. The molecule has 0 bridgehead atoms. The third-order valence-electron chi connectivity index (χ3n) is 3.49. The smallest absolute Gasteiger partial charge is 0.130 e. The Morgan fingerprint density at radius 2 is 1.86 bits per heavy atom. The first-order chi connectivity index (χ1) is 10.4. The van der Waals surface area contributed by atoms with Crippen LogP contribution in [0.25, 0.3) is 10.9 Å². The summed E-state index contributed by atoms with van der Waals surface area (Å²) in [5.74, 6) is 0.977. The van der Waals surface area contributed by atoms with Crippen molar-refractivity contribution in [2.75, 3.05) is 0 Å². The van der Waals surface area contributed by atoms with Crippen molar-refractivity contribution in [3.63, 3.8) is 0 Å². The highest BCUT2D eigenvalue weighted by Gasteiger charge is 2.18. The van der Waals surface area contributed by atoms with Crippen molar-refractivity contribution >= 4 is 38.8 Å². The molecule has 0 radical (unpaired) electrons. The zero-order valence-corrected chi connectivity index (χ0v) is 13.0. The lowest BCUT2D eigenvalue weighted by atomic mass is 10.2. The van der Waals surface area contributed by atoms with Gasteiger partial charge in [-0.1, -0.05) is 72.1 Å². The Balaban J connectivity index is 1.53. The van der Waals surface area contributed by atoms with Crippen LogP contribution in [0.3, 0.4) is 0 Å². The average molecular weight is 310 g/mol. The van der Waals surface area contributed by atoms with E-state index in [-0.39, 0.29) is 0 Å². The molecule has 0 atom stereocenters. The molecule has 104 valence electrons. The Kier molecular flexibility index (Phi) is 3.49. The number of hydrogen-bond acceptors (Lipinski definition) is 3. The molecule has 1 N–H and O–H groups in total. The molecular weight excluding hydrogens is 296 g/mol. The summed E-state index contributed by atoms with van der Waals surface area (Å²) in [6, 6.07) is 19.0. The van der Waals surface area contributed by atoms with Crippen molar-refractivity contribution in [1.82, 2.24) is 4.98 Å². The van der Waals surface area contributed by atoms with Crippen LogP contribution in [0, 0.1) is 0 Å². The van der Waals surface area contributed by atoms with E-state index in [4.69, 9.17) is 4.99 Å². The number of nitrogens with zero attached hydrogens (tertiary/aromatic N) is 1. The van der Waals surface area contributed by atoms with E-state index >= 15 is 0 Å². The van der Waals surface area contributed by atoms with Gasteiger partial charge in [0.2, 0.25) is 0 Å². The molecule has 0 spiro atoms. The number of hydrogen-bond donors (Lipinski definition) is 1. The predicted molar refractivity (Wildman–Crippen MR) is 93.0 cm³/mol. The van der Waals surface area contributed by atoms with Gasteiger partial charge >= 0.3 is 0 Å². The van der Waals surface area contributed by atoms with Gasteiger partial charge in [-0.3, -0.25) is 4.99 Å². The molecule has 2 heterocycles. The van der Waals surface area contributed by atoms with Crippen molar-refractivity contribution in [2.45, 2.75) is 17.2 Å². The number of thioether (sulfide) groups is 2. The maximum absolute atomic E-state index is 4.69. The molecule has 21 heavy (non-hydrogen) atoms.